The number of hydrogen-bond donors (Lipinski definition) is 1. The van der Waals surface area contributed by atoms with E-state index >= 15 is 0 Å². The van der Waals surface area contributed by atoms with Crippen molar-refractivity contribution in [2.24, 2.45) is 0 Å². The first kappa shape index (κ1) is 11.2. The van der Waals surface area contributed by atoms with E-state index in [0.29, 0.717) is 0 Å². The number of likely N-dealkylation sites (tertiary alicyclic amines) is 1. The predicted octanol–water partition coefficient (Wildman–Crippen LogP) is 2.81. The van der Waals surface area contributed by atoms with Crippen molar-refractivity contribution < 1.29 is 5.11 Å². The molecular formula is C14H17NOS. The smallest absolute Gasteiger partial charge is 0.101 e. The third-order valence-corrected chi connectivity index (χ3v) is 5.01. The molecule has 2 heterocycles. The molecule has 1 fully saturated rings. The van der Waals surface area contributed by atoms with Crippen molar-refractivity contribution in [2.45, 2.75) is 18.4 Å². The van der Waals surface area contributed by atoms with Crippen LogP contribution in [-0.2, 0) is 5.60 Å². The van der Waals surface area contributed by atoms with Crippen LogP contribution in [-0.4, -0.2) is 30.1 Å². The fourth-order valence-corrected chi connectivity index (χ4v) is 3.65. The first-order valence-electron chi connectivity index (χ1n) is 6.07. The maximum atomic E-state index is 10.7. The highest BCUT2D eigenvalue weighted by atomic mass is 32.1. The summed E-state index contributed by atoms with van der Waals surface area (Å²) in [6.45, 7) is 1.95. The zero-order valence-electron chi connectivity index (χ0n) is 10.0. The number of aliphatic hydroxyl groups is 1. The van der Waals surface area contributed by atoms with Crippen LogP contribution in [0.3, 0.4) is 0 Å². The van der Waals surface area contributed by atoms with Crippen LogP contribution in [0.2, 0.25) is 0 Å². The molecule has 0 amide bonds. The Bertz CT molecular complexity index is 493. The Morgan fingerprint density at radius 2 is 1.94 bits per heavy atom. The average molecular weight is 247 g/mol. The Labute approximate surface area is 105 Å². The van der Waals surface area contributed by atoms with Gasteiger partial charge in [0.15, 0.2) is 0 Å². The lowest BCUT2D eigenvalue weighted by atomic mass is 9.90. The molecule has 3 rings (SSSR count). The number of thiophene rings is 1. The SMILES string of the molecule is CN1CCC(O)(c2cc3ccccc3s2)CC1. The molecule has 1 aromatic heterocycles. The van der Waals surface area contributed by atoms with E-state index in [9.17, 15) is 5.11 Å². The Kier molecular flexibility index (Phi) is 2.69. The molecule has 1 N–H and O–H groups in total. The normalized spacial score (nSPS) is 20.8. The third-order valence-electron chi connectivity index (χ3n) is 3.70. The number of nitrogens with zero attached hydrogens (tertiary/aromatic N) is 1. The summed E-state index contributed by atoms with van der Waals surface area (Å²) in [5.74, 6) is 0. The minimum atomic E-state index is -0.601. The van der Waals surface area contributed by atoms with Gasteiger partial charge in [0.1, 0.15) is 5.60 Å². The summed E-state index contributed by atoms with van der Waals surface area (Å²) in [6.07, 6.45) is 1.69. The molecule has 0 saturated carbocycles. The van der Waals surface area contributed by atoms with Crippen molar-refractivity contribution in [2.75, 3.05) is 20.1 Å². The third kappa shape index (κ3) is 1.99. The van der Waals surface area contributed by atoms with Gasteiger partial charge in [-0.1, -0.05) is 18.2 Å². The maximum absolute atomic E-state index is 10.7. The van der Waals surface area contributed by atoms with Gasteiger partial charge >= 0.3 is 0 Å². The van der Waals surface area contributed by atoms with Crippen LogP contribution < -0.4 is 0 Å². The molecule has 2 aromatic rings. The summed E-state index contributed by atoms with van der Waals surface area (Å²) < 4.78 is 1.27. The molecule has 1 aliphatic heterocycles. The summed E-state index contributed by atoms with van der Waals surface area (Å²) in [6, 6.07) is 10.5. The van der Waals surface area contributed by atoms with Crippen LogP contribution in [0, 0.1) is 0 Å². The van der Waals surface area contributed by atoms with Gasteiger partial charge in [0.05, 0.1) is 0 Å². The molecule has 1 saturated heterocycles. The van der Waals surface area contributed by atoms with Crippen LogP contribution in [0.1, 0.15) is 17.7 Å². The summed E-state index contributed by atoms with van der Waals surface area (Å²) in [4.78, 5) is 3.41. The first-order valence-corrected chi connectivity index (χ1v) is 6.89. The number of rotatable bonds is 1. The molecule has 0 atom stereocenters. The molecule has 1 aliphatic rings. The van der Waals surface area contributed by atoms with E-state index in [1.807, 2.05) is 0 Å². The van der Waals surface area contributed by atoms with Crippen LogP contribution in [0.5, 0.6) is 0 Å². The second-order valence-electron chi connectivity index (χ2n) is 4.98. The monoisotopic (exact) mass is 247 g/mol. The summed E-state index contributed by atoms with van der Waals surface area (Å²) in [5, 5.41) is 12.0. The van der Waals surface area contributed by atoms with Crippen LogP contribution >= 0.6 is 11.3 Å². The zero-order chi connectivity index (χ0) is 11.9. The molecule has 90 valence electrons. The highest BCUT2D eigenvalue weighted by Gasteiger charge is 2.34. The van der Waals surface area contributed by atoms with Crippen molar-refractivity contribution in [1.82, 2.24) is 4.90 Å². The van der Waals surface area contributed by atoms with Gasteiger partial charge in [-0.3, -0.25) is 0 Å². The van der Waals surface area contributed by atoms with Crippen LogP contribution in [0.25, 0.3) is 10.1 Å². The standard InChI is InChI=1S/C14H17NOS/c1-15-8-6-14(16,7-9-15)13-10-11-4-2-3-5-12(11)17-13/h2-5,10,16H,6-9H2,1H3. The van der Waals surface area contributed by atoms with Crippen molar-refractivity contribution in [3.05, 3.63) is 35.2 Å². The summed E-state index contributed by atoms with van der Waals surface area (Å²) in [7, 11) is 2.12. The van der Waals surface area contributed by atoms with Gasteiger partial charge in [0.2, 0.25) is 0 Å². The fraction of sp³-hybridized carbons (Fsp3) is 0.429. The van der Waals surface area contributed by atoms with E-state index in [1.54, 1.807) is 11.3 Å². The molecule has 2 nitrogen and oxygen atoms in total. The molecule has 3 heteroatoms. The minimum Gasteiger partial charge on any atom is -0.384 e. The second kappa shape index (κ2) is 4.09. The Morgan fingerprint density at radius 1 is 1.24 bits per heavy atom. The summed E-state index contributed by atoms with van der Waals surface area (Å²) >= 11 is 1.74. The topological polar surface area (TPSA) is 23.5 Å². The molecule has 0 bridgehead atoms. The molecule has 0 radical (unpaired) electrons. The number of benzene rings is 1. The zero-order valence-corrected chi connectivity index (χ0v) is 10.8. The van der Waals surface area contributed by atoms with Crippen molar-refractivity contribution in [1.29, 1.82) is 0 Å². The van der Waals surface area contributed by atoms with Crippen LogP contribution in [0.4, 0.5) is 0 Å². The van der Waals surface area contributed by atoms with Crippen LogP contribution in [0.15, 0.2) is 30.3 Å². The minimum absolute atomic E-state index is 0.601. The van der Waals surface area contributed by atoms with E-state index < -0.39 is 5.60 Å². The van der Waals surface area contributed by atoms with Gasteiger partial charge in [-0.05, 0) is 37.4 Å². The van der Waals surface area contributed by atoms with E-state index in [4.69, 9.17) is 0 Å². The lowest BCUT2D eigenvalue weighted by molar-refractivity contribution is -0.0171. The molecule has 0 aliphatic carbocycles. The van der Waals surface area contributed by atoms with E-state index in [1.165, 1.54) is 10.1 Å². The van der Waals surface area contributed by atoms with E-state index in [-0.39, 0.29) is 0 Å². The maximum Gasteiger partial charge on any atom is 0.101 e. The quantitative estimate of drug-likeness (QED) is 0.837. The largest absolute Gasteiger partial charge is 0.384 e. The highest BCUT2D eigenvalue weighted by Crippen LogP contribution is 2.39. The van der Waals surface area contributed by atoms with Crippen molar-refractivity contribution in [3.63, 3.8) is 0 Å². The second-order valence-corrected chi connectivity index (χ2v) is 6.07. The van der Waals surface area contributed by atoms with Gasteiger partial charge in [-0.15, -0.1) is 11.3 Å². The van der Waals surface area contributed by atoms with Gasteiger partial charge in [-0.2, -0.15) is 0 Å². The highest BCUT2D eigenvalue weighted by molar-refractivity contribution is 7.19. The van der Waals surface area contributed by atoms with Gasteiger partial charge in [0, 0.05) is 22.7 Å². The Balaban J connectivity index is 1.97. The van der Waals surface area contributed by atoms with Gasteiger partial charge in [0.25, 0.3) is 0 Å². The number of fused-ring (bicyclic) bond motifs is 1. The number of hydrogen-bond acceptors (Lipinski definition) is 3. The van der Waals surface area contributed by atoms with Crippen molar-refractivity contribution in [3.8, 4) is 0 Å². The lowest BCUT2D eigenvalue weighted by Crippen LogP contribution is -2.40. The lowest BCUT2D eigenvalue weighted by Gasteiger charge is -2.35. The Morgan fingerprint density at radius 3 is 2.65 bits per heavy atom. The fourth-order valence-electron chi connectivity index (χ4n) is 2.45. The summed E-state index contributed by atoms with van der Waals surface area (Å²) in [5.41, 5.74) is -0.601. The first-order chi connectivity index (χ1) is 8.17. The van der Waals surface area contributed by atoms with Gasteiger partial charge in [-0.25, -0.2) is 0 Å². The molecule has 17 heavy (non-hydrogen) atoms. The molecule has 0 unspecified atom stereocenters. The molecule has 1 aromatic carbocycles. The average Bonchev–Trinajstić information content (AvgIpc) is 2.77. The number of piperidine rings is 1. The molecular weight excluding hydrogens is 230 g/mol. The van der Waals surface area contributed by atoms with E-state index in [0.717, 1.165) is 30.8 Å². The predicted molar refractivity (Wildman–Crippen MR) is 72.5 cm³/mol. The van der Waals surface area contributed by atoms with Gasteiger partial charge < -0.3 is 10.0 Å². The Hall–Kier alpha value is -0.900. The van der Waals surface area contributed by atoms with E-state index in [2.05, 4.69) is 42.3 Å². The van der Waals surface area contributed by atoms with Crippen molar-refractivity contribution >= 4 is 21.4 Å². The molecule has 0 spiro atoms.